The fourth-order valence-electron chi connectivity index (χ4n) is 10.7. The van der Waals surface area contributed by atoms with Crippen molar-refractivity contribution in [3.63, 3.8) is 0 Å². The van der Waals surface area contributed by atoms with E-state index < -0.39 is 161 Å². The van der Waals surface area contributed by atoms with E-state index in [9.17, 15) is 72.5 Å². The van der Waals surface area contributed by atoms with Gasteiger partial charge in [0.15, 0.2) is 23.8 Å². The number of imidazole rings is 1. The fraction of sp³-hybridized carbons (Fsp3) is 0.574. The summed E-state index contributed by atoms with van der Waals surface area (Å²) in [6.45, 7) is -1.30. The van der Waals surface area contributed by atoms with Crippen LogP contribution in [0.15, 0.2) is 56.8 Å². The summed E-state index contributed by atoms with van der Waals surface area (Å²) in [5.41, 5.74) is 58.6. The number of amides is 11. The molecule has 580 valence electrons. The van der Waals surface area contributed by atoms with Crippen molar-refractivity contribution in [1.82, 2.24) is 63.1 Å². The van der Waals surface area contributed by atoms with Crippen LogP contribution in [-0.2, 0) is 75.2 Å². The molecule has 105 heavy (non-hydrogen) atoms. The molecule has 1 fully saturated rings. The molecule has 2 heterocycles. The van der Waals surface area contributed by atoms with E-state index in [2.05, 4.69) is 83.1 Å². The average Bonchev–Trinajstić information content (AvgIpc) is 0.951. The van der Waals surface area contributed by atoms with Crippen molar-refractivity contribution in [2.24, 2.45) is 77.3 Å². The largest absolute Gasteiger partial charge is 0.497 e. The van der Waals surface area contributed by atoms with Gasteiger partial charge in [0.1, 0.15) is 60.1 Å². The molecule has 2 aromatic rings. The topological polar surface area (TPSA) is 730 Å². The first-order chi connectivity index (χ1) is 49.8. The number of rotatable bonds is 24. The van der Waals surface area contributed by atoms with Gasteiger partial charge in [-0.3, -0.25) is 82.8 Å². The number of guanidine groups is 4. The number of methoxy groups -OCH3 is 1. The Morgan fingerprint density at radius 1 is 0.648 bits per heavy atom. The number of carbonyl (C=O) groups is 13. The lowest BCUT2D eigenvalue weighted by Gasteiger charge is -2.40. The van der Waals surface area contributed by atoms with E-state index in [1.54, 1.807) is 0 Å². The minimum absolute atomic E-state index is 0.00353. The third-order valence-corrected chi connectivity index (χ3v) is 19.6. The second-order valence-corrected chi connectivity index (χ2v) is 27.3. The average molecular weight is 1520 g/mol. The Morgan fingerprint density at radius 2 is 1.18 bits per heavy atom. The molecule has 4 rings (SSSR count). The number of benzene rings is 1. The molecule has 1 aliphatic heterocycles. The van der Waals surface area contributed by atoms with Gasteiger partial charge in [0.2, 0.25) is 65.0 Å². The minimum Gasteiger partial charge on any atom is -0.497 e. The van der Waals surface area contributed by atoms with E-state index in [4.69, 9.17) is 62.1 Å². The number of ether oxygens (including phenoxy) is 1. The van der Waals surface area contributed by atoms with Crippen molar-refractivity contribution < 1.29 is 77.3 Å². The van der Waals surface area contributed by atoms with E-state index >= 15 is 0 Å². The number of aromatic nitrogens is 2. The maximum atomic E-state index is 14.9. The predicted octanol–water partition coefficient (Wildman–Crippen LogP) is -8.24. The first-order valence-electron chi connectivity index (χ1n) is 33.4. The zero-order valence-corrected chi connectivity index (χ0v) is 59.6. The van der Waals surface area contributed by atoms with Crippen molar-refractivity contribution in [2.75, 3.05) is 45.6 Å². The Morgan fingerprint density at radius 3 is 1.72 bits per heavy atom. The molecule has 0 saturated heterocycles. The minimum atomic E-state index is -2.00. The van der Waals surface area contributed by atoms with Crippen LogP contribution in [0.4, 0.5) is 0 Å². The van der Waals surface area contributed by atoms with Gasteiger partial charge < -0.3 is 125 Å². The van der Waals surface area contributed by atoms with Crippen LogP contribution in [0, 0.1) is 0 Å². The van der Waals surface area contributed by atoms with Crippen LogP contribution in [0.25, 0.3) is 0 Å². The molecule has 33 N–H and O–H groups in total. The first-order valence-corrected chi connectivity index (χ1v) is 35.7. The first kappa shape index (κ1) is 86.6. The smallest absolute Gasteiger partial charge is 0.326 e. The number of nitrogens with zero attached hydrogens (tertiary/aromatic N) is 5. The van der Waals surface area contributed by atoms with Crippen LogP contribution in [0.5, 0.6) is 5.75 Å². The number of nitrogens with one attached hydrogen (secondary N) is 11. The van der Waals surface area contributed by atoms with Crippen LogP contribution in [0.3, 0.4) is 0 Å². The SMILES string of the molecule is COc1ccc(C[C@@H]2NC(=O)[C@H](CC(=O)O)NC(=O)CNC(=O)[C@H](CCCN=C(N)N)NC(=O)[C@@H](Cc3cnc[nH]3)NC(=O)[C@H](CC(N)=O)NC(=O)[C@@H](N)CCCN=C(N)NC(=O)[C@H](N)C3(CCCCC3)SSC[C@@H](C(=O)N[C@@H](CCCN=C(N)N)C(=O)O)NC(=O)[C@H](CCCN=C(N)N)NC2=O)cc1. The predicted molar refractivity (Wildman–Crippen MR) is 387 cm³/mol. The number of aliphatic carboxylic acids is 2. The normalized spacial score (nSPS) is 23.1. The Hall–Kier alpha value is -10.8. The number of aromatic amines is 1. The molecule has 1 aliphatic carbocycles. The van der Waals surface area contributed by atoms with Crippen molar-refractivity contribution in [1.29, 1.82) is 0 Å². The van der Waals surface area contributed by atoms with Crippen LogP contribution >= 0.6 is 21.6 Å². The van der Waals surface area contributed by atoms with E-state index in [0.29, 0.717) is 37.0 Å². The number of H-pyrrole nitrogens is 1. The van der Waals surface area contributed by atoms with Crippen molar-refractivity contribution in [3.05, 3.63) is 48.0 Å². The summed E-state index contributed by atoms with van der Waals surface area (Å²) in [4.78, 5) is 203. The summed E-state index contributed by atoms with van der Waals surface area (Å²) in [5.74, 6) is -15.8. The van der Waals surface area contributed by atoms with Gasteiger partial charge in [-0.05, 0) is 81.9 Å². The lowest BCUT2D eigenvalue weighted by Crippen LogP contribution is -2.60. The molecule has 0 radical (unpaired) electrons. The second kappa shape index (κ2) is 44.7. The van der Waals surface area contributed by atoms with Gasteiger partial charge in [0, 0.05) is 56.7 Å². The monoisotopic (exact) mass is 1510 g/mol. The third-order valence-electron chi connectivity index (χ3n) is 16.2. The Balaban J connectivity index is 1.85. The summed E-state index contributed by atoms with van der Waals surface area (Å²) >= 11 is 0. The highest BCUT2D eigenvalue weighted by atomic mass is 33.1. The zero-order valence-electron chi connectivity index (χ0n) is 57.9. The molecule has 2 aliphatic rings. The number of primary amides is 1. The van der Waals surface area contributed by atoms with E-state index in [0.717, 1.165) is 28.0 Å². The number of nitrogens with two attached hydrogens (primary N) is 10. The molecule has 0 unspecified atom stereocenters. The third kappa shape index (κ3) is 31.8. The number of carbonyl (C=O) groups excluding carboxylic acids is 11. The molecule has 1 spiro atoms. The van der Waals surface area contributed by atoms with Crippen LogP contribution in [0.2, 0.25) is 0 Å². The van der Waals surface area contributed by atoms with Gasteiger partial charge in [-0.15, -0.1) is 0 Å². The lowest BCUT2D eigenvalue weighted by molar-refractivity contribution is -0.142. The van der Waals surface area contributed by atoms with E-state index in [1.807, 2.05) is 0 Å². The standard InChI is InChI=1S/C61H98N26O16S2/c1-103-33-15-13-31(14-16-33)23-38-50(95)81-36(11-7-20-74-58(67)68)49(94)86-42(54(99)82-37(56(101)102)12-8-21-75-59(69)70)29-104-105-61(17-3-2-4-18-61)46(64)55(100)87-60(71)76-22-5-9-34(62)47(92)83-40(25-43(63)88)52(97)85-39(24-32-27-72-30-78-32)51(96)80-35(10-6-19-73-57(65)66)48(93)77-28-44(89)79-41(26-45(90)91)53(98)84-38/h13-16,27,30,34-42,46H,2-12,17-26,28-29,62,64H2,1H3,(H2,63,88)(H,72,78)(H,77,93)(H,79,89)(H,80,96)(H,81,95)(H,82,99)(H,83,92)(H,84,98)(H,85,97)(H,86,94)(H,90,91)(H,101,102)(H4,65,66,73)(H4,67,68,74)(H4,69,70,75)(H3,71,76,87,100)/t34-,35-,36-,37-,38-,39+,40-,41-,42-,46-/m0/s1. The number of carboxylic acid groups (broad SMARTS) is 2. The Labute approximate surface area is 611 Å². The van der Waals surface area contributed by atoms with Crippen LogP contribution in [-0.4, -0.2) is 232 Å². The summed E-state index contributed by atoms with van der Waals surface area (Å²) < 4.78 is 4.23. The molecule has 11 amide bonds. The highest BCUT2D eigenvalue weighted by molar-refractivity contribution is 8.77. The van der Waals surface area contributed by atoms with Crippen molar-refractivity contribution >= 4 is 122 Å². The zero-order chi connectivity index (χ0) is 77.8. The number of aliphatic imine (C=N–C) groups is 4. The highest BCUT2D eigenvalue weighted by Gasteiger charge is 2.44. The molecular formula is C61H98N26O16S2. The maximum Gasteiger partial charge on any atom is 0.326 e. The summed E-state index contributed by atoms with van der Waals surface area (Å²) in [6.07, 6.45) is 1.95. The molecular weight excluding hydrogens is 1420 g/mol. The van der Waals surface area contributed by atoms with Gasteiger partial charge in [0.05, 0.1) is 43.6 Å². The van der Waals surface area contributed by atoms with Crippen molar-refractivity contribution in [3.8, 4) is 5.75 Å². The summed E-state index contributed by atoms with van der Waals surface area (Å²) in [7, 11) is 3.54. The molecule has 44 heteroatoms. The fourth-order valence-corrected chi connectivity index (χ4v) is 14.2. The van der Waals surface area contributed by atoms with Crippen LogP contribution < -0.4 is 115 Å². The highest BCUT2D eigenvalue weighted by Crippen LogP contribution is 2.48. The van der Waals surface area contributed by atoms with Crippen LogP contribution in [0.1, 0.15) is 108 Å². The van der Waals surface area contributed by atoms with Gasteiger partial charge in [-0.25, -0.2) is 9.78 Å². The quantitative estimate of drug-likeness (QED) is 0.0201. The lowest BCUT2D eigenvalue weighted by atomic mass is 9.83. The molecule has 42 nitrogen and oxygen atoms in total. The Bertz CT molecular complexity index is 3420. The van der Waals surface area contributed by atoms with Crippen molar-refractivity contribution in [2.45, 2.75) is 174 Å². The molecule has 10 atom stereocenters. The van der Waals surface area contributed by atoms with E-state index in [1.165, 1.54) is 43.9 Å². The van der Waals surface area contributed by atoms with Gasteiger partial charge >= 0.3 is 11.9 Å². The van der Waals surface area contributed by atoms with Gasteiger partial charge in [0.25, 0.3) is 0 Å². The van der Waals surface area contributed by atoms with E-state index in [-0.39, 0.29) is 126 Å². The number of hydrogen-bond donors (Lipinski definition) is 23. The Kier molecular flexibility index (Phi) is 36.9. The second-order valence-electron chi connectivity index (χ2n) is 24.5. The molecule has 1 saturated carbocycles. The number of hydrogen-bond acceptors (Lipinski definition) is 24. The van der Waals surface area contributed by atoms with Gasteiger partial charge in [-0.2, -0.15) is 0 Å². The molecule has 1 aromatic heterocycles. The number of carboxylic acids is 2. The summed E-state index contributed by atoms with van der Waals surface area (Å²) in [6, 6.07) is -9.99. The van der Waals surface area contributed by atoms with Gasteiger partial charge in [-0.1, -0.05) is 53.0 Å². The molecule has 1 aromatic carbocycles. The molecule has 0 bridgehead atoms. The summed E-state index contributed by atoms with van der Waals surface area (Å²) in [5, 5.41) is 45.0. The maximum absolute atomic E-state index is 14.9.